The molecule has 1 aliphatic rings. The summed E-state index contributed by atoms with van der Waals surface area (Å²) >= 11 is 0. The van der Waals surface area contributed by atoms with E-state index in [2.05, 4.69) is 4.98 Å². The zero-order chi connectivity index (χ0) is 12.7. The number of aryl methyl sites for hydroxylation is 1. The van der Waals surface area contributed by atoms with E-state index in [-0.39, 0.29) is 12.2 Å². The van der Waals surface area contributed by atoms with Crippen molar-refractivity contribution in [1.82, 2.24) is 4.98 Å². The van der Waals surface area contributed by atoms with Crippen LogP contribution < -0.4 is 5.73 Å². The molecule has 1 aliphatic carbocycles. The number of benzene rings is 1. The molecule has 1 heterocycles. The molecule has 0 spiro atoms. The van der Waals surface area contributed by atoms with Crippen molar-refractivity contribution in [3.8, 4) is 0 Å². The lowest BCUT2D eigenvalue weighted by Gasteiger charge is -2.20. The van der Waals surface area contributed by atoms with E-state index >= 15 is 0 Å². The van der Waals surface area contributed by atoms with Crippen molar-refractivity contribution in [2.75, 3.05) is 0 Å². The number of Topliss-reactive ketones (excluding diaryl/α,β-unsaturated/α-hetero) is 1. The van der Waals surface area contributed by atoms with Crippen molar-refractivity contribution in [2.24, 2.45) is 5.73 Å². The summed E-state index contributed by atoms with van der Waals surface area (Å²) in [5.74, 6) is -0.716. The van der Waals surface area contributed by atoms with Gasteiger partial charge in [-0.1, -0.05) is 18.2 Å². The summed E-state index contributed by atoms with van der Waals surface area (Å²) in [5.41, 5.74) is 8.30. The number of ketones is 1. The van der Waals surface area contributed by atoms with E-state index in [4.69, 9.17) is 5.73 Å². The Kier molecular flexibility index (Phi) is 2.44. The highest BCUT2D eigenvalue weighted by Crippen LogP contribution is 2.35. The molecule has 3 N–H and O–H groups in total. The number of nitrogens with one attached hydrogen (secondary N) is 1. The third-order valence-electron chi connectivity index (χ3n) is 3.61. The van der Waals surface area contributed by atoms with Crippen LogP contribution in [-0.2, 0) is 16.0 Å². The number of rotatable bonds is 2. The molecule has 18 heavy (non-hydrogen) atoms. The first kappa shape index (κ1) is 11.0. The topological polar surface area (TPSA) is 76.0 Å². The highest BCUT2D eigenvalue weighted by molar-refractivity contribution is 5.96. The zero-order valence-corrected chi connectivity index (χ0v) is 9.90. The van der Waals surface area contributed by atoms with E-state index in [0.29, 0.717) is 6.42 Å². The number of aromatic amines is 1. The number of fused-ring (bicyclic) bond motifs is 3. The maximum absolute atomic E-state index is 11.9. The fraction of sp³-hybridized carbons (Fsp3) is 0.286. The summed E-state index contributed by atoms with van der Waals surface area (Å²) in [6.45, 7) is 0. The van der Waals surface area contributed by atoms with Crippen molar-refractivity contribution in [2.45, 2.75) is 25.2 Å². The molecule has 0 radical (unpaired) electrons. The standard InChI is InChI=1S/C14H14N2O2/c15-13(18)7-10-12(17)6-5-9-8-3-1-2-4-11(8)16-14(9)10/h1-4,10,16H,5-7H2,(H2,15,18). The zero-order valence-electron chi connectivity index (χ0n) is 9.90. The summed E-state index contributed by atoms with van der Waals surface area (Å²) < 4.78 is 0. The van der Waals surface area contributed by atoms with Crippen LogP contribution in [0, 0.1) is 0 Å². The Balaban J connectivity index is 2.16. The van der Waals surface area contributed by atoms with Gasteiger partial charge in [0.25, 0.3) is 0 Å². The van der Waals surface area contributed by atoms with Crippen LogP contribution in [0.15, 0.2) is 24.3 Å². The molecule has 0 saturated heterocycles. The Morgan fingerprint density at radius 3 is 2.89 bits per heavy atom. The molecule has 1 aromatic heterocycles. The van der Waals surface area contributed by atoms with Crippen LogP contribution in [0.25, 0.3) is 10.9 Å². The number of hydrogen-bond acceptors (Lipinski definition) is 2. The van der Waals surface area contributed by atoms with Crippen LogP contribution in [0.1, 0.15) is 30.0 Å². The average Bonchev–Trinajstić information content (AvgIpc) is 2.71. The Bertz CT molecular complexity index is 642. The van der Waals surface area contributed by atoms with Crippen molar-refractivity contribution in [1.29, 1.82) is 0 Å². The van der Waals surface area contributed by atoms with Gasteiger partial charge in [-0.2, -0.15) is 0 Å². The van der Waals surface area contributed by atoms with Crippen molar-refractivity contribution < 1.29 is 9.59 Å². The van der Waals surface area contributed by atoms with E-state index < -0.39 is 11.8 Å². The van der Waals surface area contributed by atoms with Gasteiger partial charge < -0.3 is 10.7 Å². The maximum atomic E-state index is 11.9. The van der Waals surface area contributed by atoms with Crippen LogP contribution in [0.5, 0.6) is 0 Å². The first-order chi connectivity index (χ1) is 8.66. The summed E-state index contributed by atoms with van der Waals surface area (Å²) in [5, 5.41) is 1.15. The summed E-state index contributed by atoms with van der Waals surface area (Å²) in [4.78, 5) is 26.3. The third-order valence-corrected chi connectivity index (χ3v) is 3.61. The van der Waals surface area contributed by atoms with Crippen molar-refractivity contribution in [3.05, 3.63) is 35.5 Å². The second kappa shape index (κ2) is 3.98. The molecule has 2 aromatic rings. The summed E-state index contributed by atoms with van der Waals surface area (Å²) in [6.07, 6.45) is 1.33. The van der Waals surface area contributed by atoms with Crippen LogP contribution in [0.3, 0.4) is 0 Å². The average molecular weight is 242 g/mol. The third kappa shape index (κ3) is 1.61. The number of carbonyl (C=O) groups is 2. The second-order valence-electron chi connectivity index (χ2n) is 4.75. The van der Waals surface area contributed by atoms with Gasteiger partial charge in [0.2, 0.25) is 5.91 Å². The quantitative estimate of drug-likeness (QED) is 0.840. The van der Waals surface area contributed by atoms with Crippen molar-refractivity contribution >= 4 is 22.6 Å². The second-order valence-corrected chi connectivity index (χ2v) is 4.75. The number of para-hydroxylation sites is 1. The molecule has 1 aromatic carbocycles. The molecule has 1 amide bonds. The maximum Gasteiger partial charge on any atom is 0.218 e. The lowest BCUT2D eigenvalue weighted by Crippen LogP contribution is -2.25. The van der Waals surface area contributed by atoms with Gasteiger partial charge in [-0.25, -0.2) is 0 Å². The van der Waals surface area contributed by atoms with Gasteiger partial charge in [0.1, 0.15) is 5.78 Å². The monoisotopic (exact) mass is 242 g/mol. The molecule has 1 unspecified atom stereocenters. The predicted octanol–water partition coefficient (Wildman–Crippen LogP) is 1.64. The van der Waals surface area contributed by atoms with Crippen LogP contribution in [0.4, 0.5) is 0 Å². The molecular weight excluding hydrogens is 228 g/mol. The van der Waals surface area contributed by atoms with E-state index in [1.54, 1.807) is 0 Å². The van der Waals surface area contributed by atoms with E-state index in [0.717, 1.165) is 28.6 Å². The minimum absolute atomic E-state index is 0.0959. The molecule has 0 saturated carbocycles. The SMILES string of the molecule is NC(=O)CC1C(=O)CCc2c1[nH]c1ccccc21. The number of amides is 1. The van der Waals surface area contributed by atoms with Crippen LogP contribution in [-0.4, -0.2) is 16.7 Å². The largest absolute Gasteiger partial charge is 0.370 e. The lowest BCUT2D eigenvalue weighted by atomic mass is 9.83. The molecule has 1 atom stereocenters. The number of hydrogen-bond donors (Lipinski definition) is 2. The Hall–Kier alpha value is -2.10. The molecule has 4 nitrogen and oxygen atoms in total. The van der Waals surface area contributed by atoms with Gasteiger partial charge in [-0.3, -0.25) is 9.59 Å². The predicted molar refractivity (Wildman–Crippen MR) is 68.2 cm³/mol. The van der Waals surface area contributed by atoms with E-state index in [1.165, 1.54) is 0 Å². The van der Waals surface area contributed by atoms with Gasteiger partial charge in [-0.15, -0.1) is 0 Å². The van der Waals surface area contributed by atoms with E-state index in [1.807, 2.05) is 24.3 Å². The van der Waals surface area contributed by atoms with Gasteiger partial charge in [0.05, 0.1) is 5.92 Å². The number of aromatic nitrogens is 1. The fourth-order valence-electron chi connectivity index (χ4n) is 2.79. The molecule has 92 valence electrons. The number of nitrogens with two attached hydrogens (primary N) is 1. The molecule has 4 heteroatoms. The van der Waals surface area contributed by atoms with Crippen molar-refractivity contribution in [3.63, 3.8) is 0 Å². The summed E-state index contributed by atoms with van der Waals surface area (Å²) in [7, 11) is 0. The smallest absolute Gasteiger partial charge is 0.218 e. The normalized spacial score (nSPS) is 18.9. The molecule has 3 rings (SSSR count). The first-order valence-corrected chi connectivity index (χ1v) is 6.07. The number of H-pyrrole nitrogens is 1. The molecule has 0 bridgehead atoms. The summed E-state index contributed by atoms with van der Waals surface area (Å²) in [6, 6.07) is 7.96. The Labute approximate surface area is 104 Å². The van der Waals surface area contributed by atoms with Gasteiger partial charge in [0.15, 0.2) is 0 Å². The lowest BCUT2D eigenvalue weighted by molar-refractivity contribution is -0.125. The molecule has 0 fully saturated rings. The number of carbonyl (C=O) groups excluding carboxylic acids is 2. The minimum atomic E-state index is -0.431. The highest BCUT2D eigenvalue weighted by atomic mass is 16.1. The molecular formula is C14H14N2O2. The number of primary amides is 1. The van der Waals surface area contributed by atoms with Gasteiger partial charge in [0, 0.05) is 29.4 Å². The van der Waals surface area contributed by atoms with Crippen LogP contribution in [0.2, 0.25) is 0 Å². The first-order valence-electron chi connectivity index (χ1n) is 6.07. The Morgan fingerprint density at radius 1 is 1.33 bits per heavy atom. The van der Waals surface area contributed by atoms with E-state index in [9.17, 15) is 9.59 Å². The highest BCUT2D eigenvalue weighted by Gasteiger charge is 2.31. The van der Waals surface area contributed by atoms with Crippen LogP contribution >= 0.6 is 0 Å². The molecule has 0 aliphatic heterocycles. The minimum Gasteiger partial charge on any atom is -0.370 e. The fourth-order valence-corrected chi connectivity index (χ4v) is 2.79. The van der Waals surface area contributed by atoms with Gasteiger partial charge >= 0.3 is 0 Å². The Morgan fingerprint density at radius 2 is 2.11 bits per heavy atom. The van der Waals surface area contributed by atoms with Gasteiger partial charge in [-0.05, 0) is 18.1 Å².